The molecule has 0 spiro atoms. The van der Waals surface area contributed by atoms with Crippen LogP contribution in [0.15, 0.2) is 36.7 Å². The zero-order valence-corrected chi connectivity index (χ0v) is 24.5. The van der Waals surface area contributed by atoms with E-state index in [2.05, 4.69) is 20.0 Å². The number of carbonyl (C=O) groups excluding carboxylic acids is 1. The lowest BCUT2D eigenvalue weighted by atomic mass is 9.99. The Hall–Kier alpha value is -3.09. The third kappa shape index (κ3) is 7.04. The van der Waals surface area contributed by atoms with Crippen molar-refractivity contribution >= 4 is 30.7 Å². The molecule has 3 heterocycles. The van der Waals surface area contributed by atoms with Gasteiger partial charge in [0.25, 0.3) is 0 Å². The van der Waals surface area contributed by atoms with Gasteiger partial charge in [0.15, 0.2) is 11.5 Å². The van der Waals surface area contributed by atoms with Gasteiger partial charge in [-0.3, -0.25) is 13.9 Å². The van der Waals surface area contributed by atoms with Gasteiger partial charge in [0, 0.05) is 12.3 Å². The average molecular weight is 589 g/mol. The molecule has 5 rings (SSSR count). The van der Waals surface area contributed by atoms with Crippen molar-refractivity contribution in [3.8, 4) is 5.75 Å². The smallest absolute Gasteiger partial charge is 0.459 e. The van der Waals surface area contributed by atoms with Crippen LogP contribution in [0.3, 0.4) is 0 Å². The van der Waals surface area contributed by atoms with Crippen LogP contribution in [0.4, 0.5) is 5.82 Å². The van der Waals surface area contributed by atoms with Crippen molar-refractivity contribution in [3.05, 3.63) is 42.5 Å². The summed E-state index contributed by atoms with van der Waals surface area (Å²) in [6.07, 6.45) is 1.39. The van der Waals surface area contributed by atoms with Crippen LogP contribution in [0.2, 0.25) is 0 Å². The Morgan fingerprint density at radius 1 is 1.27 bits per heavy atom. The van der Waals surface area contributed by atoms with Crippen molar-refractivity contribution in [1.82, 2.24) is 24.6 Å². The van der Waals surface area contributed by atoms with E-state index in [1.165, 1.54) is 6.92 Å². The van der Waals surface area contributed by atoms with E-state index in [4.69, 9.17) is 24.3 Å². The molecule has 0 bridgehead atoms. The minimum Gasteiger partial charge on any atom is -0.464 e. The Kier molecular flexibility index (Phi) is 8.36. The van der Waals surface area contributed by atoms with Gasteiger partial charge in [0.1, 0.15) is 41.6 Å². The van der Waals surface area contributed by atoms with Crippen molar-refractivity contribution in [2.45, 2.75) is 77.4 Å². The number of rotatable bonds is 11. The van der Waals surface area contributed by atoms with Crippen molar-refractivity contribution in [1.29, 1.82) is 0 Å². The molecule has 1 aliphatic carbocycles. The molecule has 2 aliphatic rings. The standard InChI is InChI=1S/C27H37N6O7P/c1-16(26(35)37-14-27(2,3)4)32-41(36,39-18-8-6-5-7-9-18)40-19-12-21(38-20(19)13-34)33-15-29-22-23(28)30-24(17-10-11-17)31-25(22)33/h5-9,15-17,19-21,34H,10-14H2,1-4H3,(H,32,36)(H2,28,30,31)/t16-,19?,20+,21+,41?/m0/s1. The molecule has 222 valence electrons. The molecule has 1 saturated heterocycles. The molecule has 14 heteroatoms. The molecule has 1 saturated carbocycles. The molecular formula is C27H37N6O7P. The summed E-state index contributed by atoms with van der Waals surface area (Å²) in [5.74, 6) is 0.902. The van der Waals surface area contributed by atoms with Crippen LogP contribution in [-0.4, -0.2) is 62.1 Å². The predicted molar refractivity (Wildman–Crippen MR) is 150 cm³/mol. The molecule has 41 heavy (non-hydrogen) atoms. The third-order valence-corrected chi connectivity index (χ3v) is 8.38. The molecule has 3 aromatic rings. The fraction of sp³-hybridized carbons (Fsp3) is 0.556. The summed E-state index contributed by atoms with van der Waals surface area (Å²) in [7, 11) is -4.20. The van der Waals surface area contributed by atoms with E-state index in [0.29, 0.717) is 17.0 Å². The summed E-state index contributed by atoms with van der Waals surface area (Å²) in [5.41, 5.74) is 6.88. The number of aromatic nitrogens is 4. The molecule has 0 amide bonds. The molecule has 2 unspecified atom stereocenters. The number of hydrogen-bond acceptors (Lipinski definition) is 11. The predicted octanol–water partition coefficient (Wildman–Crippen LogP) is 3.71. The first-order valence-corrected chi connectivity index (χ1v) is 15.2. The molecule has 1 aliphatic heterocycles. The van der Waals surface area contributed by atoms with E-state index in [-0.39, 0.29) is 35.9 Å². The molecule has 2 fully saturated rings. The minimum atomic E-state index is -4.20. The van der Waals surface area contributed by atoms with Crippen LogP contribution in [0.25, 0.3) is 11.2 Å². The average Bonchev–Trinajstić information content (AvgIpc) is 3.56. The summed E-state index contributed by atoms with van der Waals surface area (Å²) in [5, 5.41) is 12.8. The summed E-state index contributed by atoms with van der Waals surface area (Å²) < 4.78 is 39.2. The van der Waals surface area contributed by atoms with Crippen molar-refractivity contribution in [2.75, 3.05) is 18.9 Å². The van der Waals surface area contributed by atoms with Crippen LogP contribution in [0.5, 0.6) is 5.75 Å². The SMILES string of the molecule is C[C@H](NP(=O)(Oc1ccccc1)OC1C[C@H](n2cnc3c(N)nc(C4CC4)nc32)O[C@@H]1CO)C(=O)OCC(C)(C)C. The maximum absolute atomic E-state index is 14.1. The highest BCUT2D eigenvalue weighted by molar-refractivity contribution is 7.52. The normalized spacial score (nSPS) is 23.3. The molecular weight excluding hydrogens is 551 g/mol. The van der Waals surface area contributed by atoms with Gasteiger partial charge in [-0.15, -0.1) is 0 Å². The lowest BCUT2D eigenvalue weighted by Crippen LogP contribution is -2.38. The lowest BCUT2D eigenvalue weighted by Gasteiger charge is -2.27. The first-order valence-electron chi connectivity index (χ1n) is 13.7. The highest BCUT2D eigenvalue weighted by Gasteiger charge is 2.44. The number of fused-ring (bicyclic) bond motifs is 1. The van der Waals surface area contributed by atoms with Gasteiger partial charge in [-0.1, -0.05) is 39.0 Å². The number of aliphatic hydroxyl groups is 1. The summed E-state index contributed by atoms with van der Waals surface area (Å²) >= 11 is 0. The summed E-state index contributed by atoms with van der Waals surface area (Å²) in [6.45, 7) is 7.11. The van der Waals surface area contributed by atoms with E-state index in [1.54, 1.807) is 41.2 Å². The number of ether oxygens (including phenoxy) is 2. The van der Waals surface area contributed by atoms with Gasteiger partial charge >= 0.3 is 13.7 Å². The van der Waals surface area contributed by atoms with Crippen LogP contribution >= 0.6 is 7.75 Å². The Morgan fingerprint density at radius 2 is 2.00 bits per heavy atom. The topological polar surface area (TPSA) is 173 Å². The highest BCUT2D eigenvalue weighted by Crippen LogP contribution is 2.49. The van der Waals surface area contributed by atoms with E-state index in [9.17, 15) is 14.5 Å². The van der Waals surface area contributed by atoms with E-state index >= 15 is 0 Å². The number of anilines is 1. The van der Waals surface area contributed by atoms with Gasteiger partial charge in [-0.25, -0.2) is 19.5 Å². The maximum Gasteiger partial charge on any atom is 0.459 e. The first kappa shape index (κ1) is 29.4. The van der Waals surface area contributed by atoms with E-state index in [1.807, 2.05) is 20.8 Å². The van der Waals surface area contributed by atoms with Crippen LogP contribution in [-0.2, 0) is 23.4 Å². The molecule has 5 atom stereocenters. The lowest BCUT2D eigenvalue weighted by molar-refractivity contribution is -0.148. The summed E-state index contributed by atoms with van der Waals surface area (Å²) in [4.78, 5) is 26.1. The zero-order chi connectivity index (χ0) is 29.4. The Labute approximate surface area is 238 Å². The molecule has 0 radical (unpaired) electrons. The number of nitrogen functional groups attached to an aromatic ring is 1. The maximum atomic E-state index is 14.1. The van der Waals surface area contributed by atoms with Crippen molar-refractivity contribution < 1.29 is 33.0 Å². The van der Waals surface area contributed by atoms with E-state index in [0.717, 1.165) is 12.8 Å². The number of nitrogens with two attached hydrogens (primary N) is 1. The Morgan fingerprint density at radius 3 is 2.66 bits per heavy atom. The molecule has 1 aromatic carbocycles. The molecule has 2 aromatic heterocycles. The first-order chi connectivity index (χ1) is 19.4. The minimum absolute atomic E-state index is 0.183. The van der Waals surface area contributed by atoms with Gasteiger partial charge in [0.05, 0.1) is 19.5 Å². The van der Waals surface area contributed by atoms with Gasteiger partial charge in [-0.2, -0.15) is 5.09 Å². The largest absolute Gasteiger partial charge is 0.464 e. The Bertz CT molecular complexity index is 1420. The van der Waals surface area contributed by atoms with Crippen LogP contribution in [0.1, 0.15) is 64.9 Å². The zero-order valence-electron chi connectivity index (χ0n) is 23.6. The number of carbonyl (C=O) groups is 1. The second-order valence-electron chi connectivity index (χ2n) is 11.7. The van der Waals surface area contributed by atoms with Crippen molar-refractivity contribution in [2.24, 2.45) is 5.41 Å². The number of nitrogens with zero attached hydrogens (tertiary/aromatic N) is 4. The van der Waals surface area contributed by atoms with Gasteiger partial charge in [-0.05, 0) is 37.3 Å². The second kappa shape index (κ2) is 11.7. The van der Waals surface area contributed by atoms with Crippen LogP contribution in [0, 0.1) is 5.41 Å². The number of benzene rings is 1. The fourth-order valence-electron chi connectivity index (χ4n) is 4.42. The Balaban J connectivity index is 1.37. The molecule has 13 nitrogen and oxygen atoms in total. The monoisotopic (exact) mass is 588 g/mol. The summed E-state index contributed by atoms with van der Waals surface area (Å²) in [6, 6.07) is 7.46. The number of para-hydroxylation sites is 1. The highest BCUT2D eigenvalue weighted by atomic mass is 31.2. The fourth-order valence-corrected chi connectivity index (χ4v) is 6.13. The number of aliphatic hydroxyl groups excluding tert-OH is 1. The molecule has 4 N–H and O–H groups in total. The second-order valence-corrected chi connectivity index (χ2v) is 13.3. The van der Waals surface area contributed by atoms with E-state index < -0.39 is 44.8 Å². The number of hydrogen-bond donors (Lipinski definition) is 3. The van der Waals surface area contributed by atoms with Gasteiger partial charge in [0.2, 0.25) is 0 Å². The number of imidazole rings is 1. The number of esters is 1. The van der Waals surface area contributed by atoms with Gasteiger partial charge < -0.3 is 24.8 Å². The third-order valence-electron chi connectivity index (χ3n) is 6.67. The van der Waals surface area contributed by atoms with Crippen LogP contribution < -0.4 is 15.3 Å². The number of nitrogens with one attached hydrogen (secondary N) is 1. The quantitative estimate of drug-likeness (QED) is 0.219. The van der Waals surface area contributed by atoms with Crippen molar-refractivity contribution in [3.63, 3.8) is 0 Å².